The van der Waals surface area contributed by atoms with Gasteiger partial charge in [-0.1, -0.05) is 18.2 Å². The second-order valence-electron chi connectivity index (χ2n) is 5.51. The lowest BCUT2D eigenvalue weighted by molar-refractivity contribution is -0.111. The molecule has 0 aliphatic rings. The SMILES string of the molecule is N#CCOc1ccc(NC(=O)/C(=C/c2ccc(F)cc2)c2cccs2)cc1. The average Bonchev–Trinajstić information content (AvgIpc) is 3.21. The van der Waals surface area contributed by atoms with Gasteiger partial charge in [-0.15, -0.1) is 11.3 Å². The molecule has 6 heteroatoms. The quantitative estimate of drug-likeness (QED) is 0.616. The topological polar surface area (TPSA) is 62.1 Å². The molecule has 0 spiro atoms. The van der Waals surface area contributed by atoms with Gasteiger partial charge in [-0.05, 0) is 59.5 Å². The third-order valence-electron chi connectivity index (χ3n) is 3.63. The minimum atomic E-state index is -0.326. The number of carbonyl (C=O) groups excluding carboxylic acids is 1. The van der Waals surface area contributed by atoms with Crippen molar-refractivity contribution in [1.82, 2.24) is 0 Å². The first-order valence-corrected chi connectivity index (χ1v) is 8.96. The van der Waals surface area contributed by atoms with Gasteiger partial charge in [-0.2, -0.15) is 5.26 Å². The highest BCUT2D eigenvalue weighted by Gasteiger charge is 2.14. The standard InChI is InChI=1S/C21H15FN2O2S/c22-16-5-3-15(4-6-16)14-19(20-2-1-13-27-20)21(25)24-17-7-9-18(10-8-17)26-12-11-23/h1-10,13-14H,12H2,(H,24,25)/b19-14+. The lowest BCUT2D eigenvalue weighted by Gasteiger charge is -2.09. The molecule has 0 aliphatic carbocycles. The molecule has 3 aromatic rings. The van der Waals surface area contributed by atoms with E-state index in [9.17, 15) is 9.18 Å². The fourth-order valence-corrected chi connectivity index (χ4v) is 3.09. The van der Waals surface area contributed by atoms with Crippen LogP contribution in [-0.4, -0.2) is 12.5 Å². The van der Waals surface area contributed by atoms with Gasteiger partial charge in [-0.25, -0.2) is 4.39 Å². The highest BCUT2D eigenvalue weighted by atomic mass is 32.1. The van der Waals surface area contributed by atoms with E-state index >= 15 is 0 Å². The minimum absolute atomic E-state index is 0.0331. The van der Waals surface area contributed by atoms with Crippen LogP contribution in [0.1, 0.15) is 10.4 Å². The monoisotopic (exact) mass is 378 g/mol. The molecule has 0 bridgehead atoms. The summed E-state index contributed by atoms with van der Waals surface area (Å²) in [7, 11) is 0. The van der Waals surface area contributed by atoms with Gasteiger partial charge < -0.3 is 10.1 Å². The first-order valence-electron chi connectivity index (χ1n) is 8.08. The van der Waals surface area contributed by atoms with Gasteiger partial charge in [0.25, 0.3) is 5.91 Å². The summed E-state index contributed by atoms with van der Waals surface area (Å²) in [4.78, 5) is 13.6. The van der Waals surface area contributed by atoms with Gasteiger partial charge in [0.1, 0.15) is 17.6 Å². The lowest BCUT2D eigenvalue weighted by atomic mass is 10.1. The Morgan fingerprint density at radius 2 is 1.89 bits per heavy atom. The normalized spacial score (nSPS) is 10.9. The van der Waals surface area contributed by atoms with E-state index in [1.807, 2.05) is 23.6 Å². The van der Waals surface area contributed by atoms with Gasteiger partial charge in [0.2, 0.25) is 0 Å². The van der Waals surface area contributed by atoms with E-state index < -0.39 is 0 Å². The first kappa shape index (κ1) is 18.4. The zero-order chi connectivity index (χ0) is 19.1. The highest BCUT2D eigenvalue weighted by molar-refractivity contribution is 7.11. The number of ether oxygens (including phenoxy) is 1. The summed E-state index contributed by atoms with van der Waals surface area (Å²) in [5.41, 5.74) is 1.82. The molecule has 0 radical (unpaired) electrons. The predicted octanol–water partition coefficient (Wildman–Crippen LogP) is 4.97. The van der Waals surface area contributed by atoms with E-state index in [0.717, 1.165) is 10.4 Å². The van der Waals surface area contributed by atoms with Crippen LogP contribution in [0.5, 0.6) is 5.75 Å². The van der Waals surface area contributed by atoms with Crippen molar-refractivity contribution in [3.05, 3.63) is 82.3 Å². The average molecular weight is 378 g/mol. The molecule has 0 fully saturated rings. The van der Waals surface area contributed by atoms with E-state index in [4.69, 9.17) is 10.00 Å². The molecule has 134 valence electrons. The number of benzene rings is 2. The highest BCUT2D eigenvalue weighted by Crippen LogP contribution is 2.25. The summed E-state index contributed by atoms with van der Waals surface area (Å²) in [5.74, 6) is -0.0460. The maximum absolute atomic E-state index is 13.1. The minimum Gasteiger partial charge on any atom is -0.479 e. The van der Waals surface area contributed by atoms with Crippen LogP contribution in [0.3, 0.4) is 0 Å². The van der Waals surface area contributed by atoms with E-state index in [-0.39, 0.29) is 18.3 Å². The van der Waals surface area contributed by atoms with Crippen molar-refractivity contribution in [3.8, 4) is 11.8 Å². The second kappa shape index (κ2) is 8.79. The van der Waals surface area contributed by atoms with Crippen molar-refractivity contribution in [3.63, 3.8) is 0 Å². The fraction of sp³-hybridized carbons (Fsp3) is 0.0476. The Morgan fingerprint density at radius 3 is 2.52 bits per heavy atom. The smallest absolute Gasteiger partial charge is 0.257 e. The number of anilines is 1. The Bertz CT molecular complexity index is 973. The molecular weight excluding hydrogens is 363 g/mol. The fourth-order valence-electron chi connectivity index (χ4n) is 2.35. The van der Waals surface area contributed by atoms with Gasteiger partial charge in [0.05, 0.1) is 5.57 Å². The van der Waals surface area contributed by atoms with E-state index in [1.165, 1.54) is 23.5 Å². The molecule has 1 amide bonds. The number of carbonyl (C=O) groups is 1. The molecule has 2 aromatic carbocycles. The summed E-state index contributed by atoms with van der Waals surface area (Å²) >= 11 is 1.45. The van der Waals surface area contributed by atoms with Crippen molar-refractivity contribution < 1.29 is 13.9 Å². The van der Waals surface area contributed by atoms with E-state index in [0.29, 0.717) is 17.0 Å². The number of halogens is 1. The predicted molar refractivity (Wildman–Crippen MR) is 105 cm³/mol. The number of nitrogens with zero attached hydrogens (tertiary/aromatic N) is 1. The number of nitrogens with one attached hydrogen (secondary N) is 1. The second-order valence-corrected chi connectivity index (χ2v) is 6.46. The molecule has 0 atom stereocenters. The third-order valence-corrected chi connectivity index (χ3v) is 4.53. The van der Waals surface area contributed by atoms with Gasteiger partial charge >= 0.3 is 0 Å². The summed E-state index contributed by atoms with van der Waals surface area (Å²) in [6.45, 7) is -0.0331. The van der Waals surface area contributed by atoms with Crippen molar-refractivity contribution in [2.45, 2.75) is 0 Å². The molecule has 4 nitrogen and oxygen atoms in total. The lowest BCUT2D eigenvalue weighted by Crippen LogP contribution is -2.13. The number of nitriles is 1. The maximum Gasteiger partial charge on any atom is 0.257 e. The Labute approximate surface area is 160 Å². The Kier molecular flexibility index (Phi) is 5.98. The van der Waals surface area contributed by atoms with Gasteiger partial charge in [-0.3, -0.25) is 4.79 Å². The van der Waals surface area contributed by atoms with Crippen LogP contribution in [0, 0.1) is 17.1 Å². The summed E-state index contributed by atoms with van der Waals surface area (Å²) in [6.07, 6.45) is 1.73. The Morgan fingerprint density at radius 1 is 1.15 bits per heavy atom. The first-order chi connectivity index (χ1) is 13.2. The zero-order valence-electron chi connectivity index (χ0n) is 14.2. The molecule has 0 aliphatic heterocycles. The van der Waals surface area contributed by atoms with Crippen molar-refractivity contribution in [2.75, 3.05) is 11.9 Å². The number of thiophene rings is 1. The summed E-state index contributed by atoms with van der Waals surface area (Å²) in [6, 6.07) is 18.4. The summed E-state index contributed by atoms with van der Waals surface area (Å²) < 4.78 is 18.3. The molecule has 0 unspecified atom stereocenters. The Balaban J connectivity index is 1.81. The number of hydrogen-bond acceptors (Lipinski definition) is 4. The van der Waals surface area contributed by atoms with Crippen LogP contribution < -0.4 is 10.1 Å². The van der Waals surface area contributed by atoms with Crippen LogP contribution in [0.25, 0.3) is 11.6 Å². The van der Waals surface area contributed by atoms with Crippen molar-refractivity contribution >= 4 is 34.6 Å². The third kappa shape index (κ3) is 5.03. The molecular formula is C21H15FN2O2S. The molecule has 1 aromatic heterocycles. The van der Waals surface area contributed by atoms with Gasteiger partial charge in [0, 0.05) is 10.6 Å². The number of amides is 1. The van der Waals surface area contributed by atoms with E-state index in [1.54, 1.807) is 42.5 Å². The van der Waals surface area contributed by atoms with Crippen molar-refractivity contribution in [2.24, 2.45) is 0 Å². The van der Waals surface area contributed by atoms with Crippen LogP contribution in [-0.2, 0) is 4.79 Å². The summed E-state index contributed by atoms with van der Waals surface area (Å²) in [5, 5.41) is 13.3. The largest absolute Gasteiger partial charge is 0.479 e. The van der Waals surface area contributed by atoms with Crippen LogP contribution in [0.15, 0.2) is 66.0 Å². The molecule has 1 heterocycles. The Hall–Kier alpha value is -3.43. The molecule has 0 saturated heterocycles. The number of hydrogen-bond donors (Lipinski definition) is 1. The number of rotatable bonds is 6. The molecule has 1 N–H and O–H groups in total. The van der Waals surface area contributed by atoms with E-state index in [2.05, 4.69) is 5.32 Å². The van der Waals surface area contributed by atoms with Crippen molar-refractivity contribution in [1.29, 1.82) is 5.26 Å². The molecule has 0 saturated carbocycles. The van der Waals surface area contributed by atoms with Crippen LogP contribution in [0.2, 0.25) is 0 Å². The molecule has 3 rings (SSSR count). The zero-order valence-corrected chi connectivity index (χ0v) is 15.0. The van der Waals surface area contributed by atoms with Gasteiger partial charge in [0.15, 0.2) is 6.61 Å². The van der Waals surface area contributed by atoms with Crippen LogP contribution >= 0.6 is 11.3 Å². The van der Waals surface area contributed by atoms with Crippen LogP contribution in [0.4, 0.5) is 10.1 Å². The molecule has 27 heavy (non-hydrogen) atoms. The maximum atomic E-state index is 13.1.